The van der Waals surface area contributed by atoms with Crippen molar-refractivity contribution in [2.75, 3.05) is 37.6 Å². The third-order valence-corrected chi connectivity index (χ3v) is 5.77. The molecule has 2 heterocycles. The third-order valence-electron chi connectivity index (χ3n) is 5.77. The quantitative estimate of drug-likeness (QED) is 0.886. The van der Waals surface area contributed by atoms with Crippen LogP contribution in [0.5, 0.6) is 0 Å². The number of carbonyl (C=O) groups excluding carboxylic acids is 1. The zero-order chi connectivity index (χ0) is 18.6. The predicted molar refractivity (Wildman–Crippen MR) is 108 cm³/mol. The van der Waals surface area contributed by atoms with E-state index in [0.29, 0.717) is 6.54 Å². The summed E-state index contributed by atoms with van der Waals surface area (Å²) in [7, 11) is 0. The van der Waals surface area contributed by atoms with Crippen molar-refractivity contribution < 1.29 is 4.79 Å². The summed E-state index contributed by atoms with van der Waals surface area (Å²) in [6.45, 7) is 8.06. The highest BCUT2D eigenvalue weighted by atomic mass is 16.1. The third kappa shape index (κ3) is 4.14. The highest BCUT2D eigenvalue weighted by Crippen LogP contribution is 2.22. The van der Waals surface area contributed by atoms with Crippen molar-refractivity contribution in [1.29, 1.82) is 0 Å². The highest BCUT2D eigenvalue weighted by Gasteiger charge is 2.17. The number of fused-ring (bicyclic) bond motifs is 1. The van der Waals surface area contributed by atoms with E-state index < -0.39 is 0 Å². The normalized spacial score (nSPS) is 17.0. The molecule has 2 aliphatic rings. The van der Waals surface area contributed by atoms with Crippen LogP contribution in [0, 0.1) is 0 Å². The number of nitrogens with one attached hydrogen (secondary N) is 1. The van der Waals surface area contributed by atoms with E-state index in [-0.39, 0.29) is 5.91 Å². The Morgan fingerprint density at radius 1 is 1.07 bits per heavy atom. The minimum Gasteiger partial charge on any atom is -0.354 e. The van der Waals surface area contributed by atoms with E-state index in [1.807, 2.05) is 12.3 Å². The predicted octanol–water partition coefficient (Wildman–Crippen LogP) is 2.64. The van der Waals surface area contributed by atoms with E-state index in [2.05, 4.69) is 51.3 Å². The van der Waals surface area contributed by atoms with Gasteiger partial charge in [-0.2, -0.15) is 0 Å². The monoisotopic (exact) mass is 364 g/mol. The smallest absolute Gasteiger partial charge is 0.251 e. The number of aryl methyl sites for hydroxylation is 2. The van der Waals surface area contributed by atoms with Crippen molar-refractivity contribution in [1.82, 2.24) is 15.2 Å². The van der Waals surface area contributed by atoms with E-state index in [9.17, 15) is 4.79 Å². The fraction of sp³-hybridized carbons (Fsp3) is 0.455. The molecule has 0 unspecified atom stereocenters. The molecular formula is C22H28N4O. The Balaban J connectivity index is 1.32. The molecule has 1 aliphatic carbocycles. The minimum absolute atomic E-state index is 0.00976. The van der Waals surface area contributed by atoms with Gasteiger partial charge in [0, 0.05) is 44.5 Å². The largest absolute Gasteiger partial charge is 0.354 e. The van der Waals surface area contributed by atoms with Crippen molar-refractivity contribution in [3.63, 3.8) is 0 Å². The van der Waals surface area contributed by atoms with Gasteiger partial charge in [-0.25, -0.2) is 4.98 Å². The molecule has 4 rings (SSSR count). The lowest BCUT2D eigenvalue weighted by molar-refractivity contribution is 0.0951. The molecule has 1 aromatic carbocycles. The molecule has 1 amide bonds. The number of anilines is 1. The molecule has 142 valence electrons. The molecule has 1 fully saturated rings. The lowest BCUT2D eigenvalue weighted by atomic mass is 10.1. The van der Waals surface area contributed by atoms with Crippen LogP contribution in [0.4, 0.5) is 5.82 Å². The van der Waals surface area contributed by atoms with Gasteiger partial charge in [0.2, 0.25) is 0 Å². The Kier molecular flexibility index (Phi) is 5.39. The summed E-state index contributed by atoms with van der Waals surface area (Å²) in [6.07, 6.45) is 5.31. The fourth-order valence-corrected chi connectivity index (χ4v) is 4.00. The first kappa shape index (κ1) is 18.0. The van der Waals surface area contributed by atoms with E-state index >= 15 is 0 Å². The number of likely N-dealkylation sites (N-methyl/N-ethyl adjacent to an activating group) is 1. The summed E-state index contributed by atoms with van der Waals surface area (Å²) in [6, 6.07) is 10.2. The van der Waals surface area contributed by atoms with Gasteiger partial charge in [-0.1, -0.05) is 19.1 Å². The molecule has 0 bridgehead atoms. The van der Waals surface area contributed by atoms with Crippen molar-refractivity contribution in [2.45, 2.75) is 32.7 Å². The van der Waals surface area contributed by atoms with Gasteiger partial charge in [0.1, 0.15) is 5.82 Å². The Morgan fingerprint density at radius 3 is 2.63 bits per heavy atom. The first-order valence-electron chi connectivity index (χ1n) is 10.0. The molecule has 0 spiro atoms. The standard InChI is InChI=1S/C22H28N4O/c1-2-25-10-12-26(13-11-25)21-9-6-17(15-23-21)16-24-22(27)20-8-7-18-4-3-5-19(18)14-20/h6-9,14-15H,2-5,10-13,16H2,1H3,(H,24,27). The van der Waals surface area contributed by atoms with Crippen LogP contribution in [0.3, 0.4) is 0 Å². The van der Waals surface area contributed by atoms with Gasteiger partial charge >= 0.3 is 0 Å². The Labute approximate surface area is 161 Å². The molecule has 1 aromatic heterocycles. The Hall–Kier alpha value is -2.40. The first-order chi connectivity index (χ1) is 13.2. The van der Waals surface area contributed by atoms with Gasteiger partial charge in [0.15, 0.2) is 0 Å². The summed E-state index contributed by atoms with van der Waals surface area (Å²) >= 11 is 0. The van der Waals surface area contributed by atoms with Crippen LogP contribution in [0.1, 0.15) is 40.4 Å². The van der Waals surface area contributed by atoms with Crippen LogP contribution >= 0.6 is 0 Å². The first-order valence-corrected chi connectivity index (χ1v) is 10.0. The second-order valence-electron chi connectivity index (χ2n) is 7.47. The zero-order valence-corrected chi connectivity index (χ0v) is 16.1. The minimum atomic E-state index is -0.00976. The molecule has 0 atom stereocenters. The number of aromatic nitrogens is 1. The van der Waals surface area contributed by atoms with E-state index in [0.717, 1.165) is 62.5 Å². The summed E-state index contributed by atoms with van der Waals surface area (Å²) in [4.78, 5) is 21.8. The van der Waals surface area contributed by atoms with Gasteiger partial charge < -0.3 is 15.1 Å². The molecular weight excluding hydrogens is 336 g/mol. The lowest BCUT2D eigenvalue weighted by Crippen LogP contribution is -2.46. The fourth-order valence-electron chi connectivity index (χ4n) is 4.00. The number of hydrogen-bond acceptors (Lipinski definition) is 4. The van der Waals surface area contributed by atoms with Crippen LogP contribution in [0.15, 0.2) is 36.5 Å². The lowest BCUT2D eigenvalue weighted by Gasteiger charge is -2.34. The Morgan fingerprint density at radius 2 is 1.89 bits per heavy atom. The summed E-state index contributed by atoms with van der Waals surface area (Å²) in [5.74, 6) is 1.02. The maximum absolute atomic E-state index is 12.4. The molecule has 5 nitrogen and oxygen atoms in total. The summed E-state index contributed by atoms with van der Waals surface area (Å²) in [5.41, 5.74) is 4.51. The average molecular weight is 364 g/mol. The topological polar surface area (TPSA) is 48.5 Å². The van der Waals surface area contributed by atoms with Gasteiger partial charge in [-0.3, -0.25) is 4.79 Å². The number of carbonyl (C=O) groups is 1. The van der Waals surface area contributed by atoms with E-state index in [4.69, 9.17) is 0 Å². The molecule has 1 saturated heterocycles. The van der Waals surface area contributed by atoms with Gasteiger partial charge in [-0.15, -0.1) is 0 Å². The van der Waals surface area contributed by atoms with Crippen LogP contribution in [-0.2, 0) is 19.4 Å². The molecule has 1 N–H and O–H groups in total. The average Bonchev–Trinajstić information content (AvgIpc) is 3.20. The number of hydrogen-bond donors (Lipinski definition) is 1. The van der Waals surface area contributed by atoms with Crippen LogP contribution < -0.4 is 10.2 Å². The number of amides is 1. The molecule has 0 saturated carbocycles. The molecule has 1 aliphatic heterocycles. The van der Waals surface area contributed by atoms with E-state index in [1.165, 1.54) is 17.5 Å². The maximum Gasteiger partial charge on any atom is 0.251 e. The van der Waals surface area contributed by atoms with Gasteiger partial charge in [0.25, 0.3) is 5.91 Å². The summed E-state index contributed by atoms with van der Waals surface area (Å²) in [5, 5.41) is 3.02. The number of rotatable bonds is 5. The van der Waals surface area contributed by atoms with Crippen LogP contribution in [0.25, 0.3) is 0 Å². The van der Waals surface area contributed by atoms with Crippen molar-refractivity contribution >= 4 is 11.7 Å². The van der Waals surface area contributed by atoms with Crippen molar-refractivity contribution in [3.8, 4) is 0 Å². The molecule has 0 radical (unpaired) electrons. The highest BCUT2D eigenvalue weighted by molar-refractivity contribution is 5.94. The van der Waals surface area contributed by atoms with Crippen LogP contribution in [0.2, 0.25) is 0 Å². The maximum atomic E-state index is 12.4. The van der Waals surface area contributed by atoms with E-state index in [1.54, 1.807) is 0 Å². The molecule has 5 heteroatoms. The summed E-state index contributed by atoms with van der Waals surface area (Å²) < 4.78 is 0. The number of nitrogens with zero attached hydrogens (tertiary/aromatic N) is 3. The second kappa shape index (κ2) is 8.09. The number of piperazine rings is 1. The van der Waals surface area contributed by atoms with Crippen molar-refractivity contribution in [3.05, 3.63) is 58.8 Å². The van der Waals surface area contributed by atoms with Crippen molar-refractivity contribution in [2.24, 2.45) is 0 Å². The molecule has 27 heavy (non-hydrogen) atoms. The Bertz CT molecular complexity index is 794. The second-order valence-corrected chi connectivity index (χ2v) is 7.47. The molecule has 2 aromatic rings. The number of pyridine rings is 1. The number of benzene rings is 1. The SMILES string of the molecule is CCN1CCN(c2ccc(CNC(=O)c3ccc4c(c3)CCC4)cn2)CC1. The van der Waals surface area contributed by atoms with Gasteiger partial charge in [0.05, 0.1) is 0 Å². The van der Waals surface area contributed by atoms with Gasteiger partial charge in [-0.05, 0) is 60.7 Å². The van der Waals surface area contributed by atoms with Crippen LogP contribution in [-0.4, -0.2) is 48.5 Å². The zero-order valence-electron chi connectivity index (χ0n) is 16.1.